The smallest absolute Gasteiger partial charge is 0.336 e. The van der Waals surface area contributed by atoms with Gasteiger partial charge in [0.1, 0.15) is 18.1 Å². The highest BCUT2D eigenvalue weighted by Gasteiger charge is 2.70. The van der Waals surface area contributed by atoms with Crippen molar-refractivity contribution in [3.05, 3.63) is 45.7 Å². The van der Waals surface area contributed by atoms with Gasteiger partial charge in [-0.3, -0.25) is 19.2 Å². The Labute approximate surface area is 242 Å². The lowest BCUT2D eigenvalue weighted by Crippen LogP contribution is -2.61. The van der Waals surface area contributed by atoms with E-state index >= 15 is 0 Å². The maximum Gasteiger partial charge on any atom is 0.471 e. The highest BCUT2D eigenvalue weighted by molar-refractivity contribution is 5.95. The second-order valence-corrected chi connectivity index (χ2v) is 13.2. The highest BCUT2D eigenvalue weighted by Crippen LogP contribution is 2.65. The van der Waals surface area contributed by atoms with Crippen LogP contribution in [0.5, 0.6) is 0 Å². The van der Waals surface area contributed by atoms with E-state index in [1.54, 1.807) is 12.1 Å². The first-order valence-corrected chi connectivity index (χ1v) is 13.8. The molecule has 12 heteroatoms. The van der Waals surface area contributed by atoms with Gasteiger partial charge < -0.3 is 20.1 Å². The van der Waals surface area contributed by atoms with Crippen LogP contribution in [0.3, 0.4) is 0 Å². The number of likely N-dealkylation sites (N-methyl/N-ethyl adjacent to an activating group) is 1. The van der Waals surface area contributed by atoms with Crippen molar-refractivity contribution in [3.8, 4) is 6.07 Å². The number of aryl methyl sites for hydroxylation is 1. The normalized spacial score (nSPS) is 22.6. The number of pyridine rings is 1. The third-order valence-corrected chi connectivity index (χ3v) is 8.84. The Balaban J connectivity index is 1.62. The Morgan fingerprint density at radius 3 is 2.43 bits per heavy atom. The van der Waals surface area contributed by atoms with E-state index in [9.17, 15) is 37.6 Å². The van der Waals surface area contributed by atoms with Crippen molar-refractivity contribution in [1.82, 2.24) is 20.1 Å². The molecule has 9 nitrogen and oxygen atoms in total. The van der Waals surface area contributed by atoms with Crippen LogP contribution < -0.4 is 10.9 Å². The first-order chi connectivity index (χ1) is 19.3. The molecule has 2 fully saturated rings. The third kappa shape index (κ3) is 5.61. The number of likely N-dealkylation sites (tertiary alicyclic amines) is 1. The molecule has 1 aromatic carbocycles. The zero-order valence-electron chi connectivity index (χ0n) is 24.7. The fourth-order valence-corrected chi connectivity index (χ4v) is 6.19. The van der Waals surface area contributed by atoms with E-state index in [1.165, 1.54) is 37.6 Å². The summed E-state index contributed by atoms with van der Waals surface area (Å²) in [6.45, 7) is 10.6. The number of piperidine rings is 1. The van der Waals surface area contributed by atoms with E-state index in [0.717, 1.165) is 10.9 Å². The van der Waals surface area contributed by atoms with E-state index in [1.807, 2.05) is 38.2 Å². The number of aromatic nitrogens is 1. The molecule has 226 valence electrons. The van der Waals surface area contributed by atoms with Crippen molar-refractivity contribution >= 4 is 28.6 Å². The number of rotatable bonds is 6. The standard InChI is InChI=1S/C30H36F3N5O4/c1-15-8-9-20-16(10-15)11-17(24(39)35-20)12-18(13-34)37(7)25(40)22-21-19(29(21,5)6)14-38(22)26(41)23(28(2,3)4)36-27(42)30(31,32)33/h8-11,18-19,21-23H,12,14H2,1-7H3,(H,35,39)(H,36,42)/t18-,19+,21+,22+,23-/m1/s1. The van der Waals surface area contributed by atoms with Gasteiger partial charge >= 0.3 is 12.1 Å². The summed E-state index contributed by atoms with van der Waals surface area (Å²) < 4.78 is 39.3. The summed E-state index contributed by atoms with van der Waals surface area (Å²) in [6, 6.07) is 5.69. The van der Waals surface area contributed by atoms with Gasteiger partial charge in [0.15, 0.2) is 0 Å². The van der Waals surface area contributed by atoms with Gasteiger partial charge in [0.2, 0.25) is 11.8 Å². The average molecular weight is 588 g/mol. The van der Waals surface area contributed by atoms with Gasteiger partial charge in [0.05, 0.1) is 6.07 Å². The van der Waals surface area contributed by atoms with Crippen LogP contribution in [0.1, 0.15) is 45.7 Å². The maximum absolute atomic E-state index is 14.0. The lowest BCUT2D eigenvalue weighted by Gasteiger charge is -2.39. The van der Waals surface area contributed by atoms with Gasteiger partial charge in [-0.25, -0.2) is 0 Å². The fourth-order valence-electron chi connectivity index (χ4n) is 6.19. The summed E-state index contributed by atoms with van der Waals surface area (Å²) >= 11 is 0. The molecule has 0 bridgehead atoms. The van der Waals surface area contributed by atoms with Crippen LogP contribution in [0.4, 0.5) is 13.2 Å². The second kappa shape index (κ2) is 10.4. The maximum atomic E-state index is 14.0. The van der Waals surface area contributed by atoms with Crippen LogP contribution in [0.25, 0.3) is 10.9 Å². The number of hydrogen-bond donors (Lipinski definition) is 2. The molecule has 1 aromatic heterocycles. The Morgan fingerprint density at radius 1 is 1.21 bits per heavy atom. The van der Waals surface area contributed by atoms with Crippen molar-refractivity contribution < 1.29 is 27.6 Å². The largest absolute Gasteiger partial charge is 0.471 e. The molecule has 2 aliphatic rings. The third-order valence-electron chi connectivity index (χ3n) is 8.84. The number of benzene rings is 1. The number of alkyl halides is 3. The van der Waals surface area contributed by atoms with Crippen molar-refractivity contribution in [2.24, 2.45) is 22.7 Å². The van der Waals surface area contributed by atoms with Crippen LogP contribution in [0, 0.1) is 40.9 Å². The number of carbonyl (C=O) groups is 3. The van der Waals surface area contributed by atoms with Crippen molar-refractivity contribution in [2.75, 3.05) is 13.6 Å². The van der Waals surface area contributed by atoms with Crippen LogP contribution >= 0.6 is 0 Å². The van der Waals surface area contributed by atoms with Crippen LogP contribution in [-0.2, 0) is 20.8 Å². The molecule has 0 spiro atoms. The molecule has 2 heterocycles. The molecular formula is C30H36F3N5O4. The van der Waals surface area contributed by atoms with Gasteiger partial charge in [-0.15, -0.1) is 0 Å². The minimum absolute atomic E-state index is 0.0671. The fraction of sp³-hybridized carbons (Fsp3) is 0.567. The Hall–Kier alpha value is -3.88. The van der Waals surface area contributed by atoms with E-state index in [0.29, 0.717) is 11.1 Å². The van der Waals surface area contributed by atoms with E-state index < -0.39 is 47.4 Å². The minimum atomic E-state index is -5.19. The molecule has 1 saturated carbocycles. The number of H-pyrrole nitrogens is 1. The summed E-state index contributed by atoms with van der Waals surface area (Å²) in [7, 11) is 1.42. The number of nitrogens with one attached hydrogen (secondary N) is 2. The van der Waals surface area contributed by atoms with Gasteiger partial charge in [-0.1, -0.05) is 46.2 Å². The number of aromatic amines is 1. The number of nitrogens with zero attached hydrogens (tertiary/aromatic N) is 3. The number of nitriles is 1. The Morgan fingerprint density at radius 2 is 1.86 bits per heavy atom. The molecular weight excluding hydrogens is 551 g/mol. The average Bonchev–Trinajstić information content (AvgIpc) is 3.21. The molecule has 4 rings (SSSR count). The molecule has 0 radical (unpaired) electrons. The molecule has 42 heavy (non-hydrogen) atoms. The lowest BCUT2D eigenvalue weighted by molar-refractivity contribution is -0.176. The van der Waals surface area contributed by atoms with E-state index in [4.69, 9.17) is 0 Å². The van der Waals surface area contributed by atoms with Gasteiger partial charge in [0, 0.05) is 31.1 Å². The highest BCUT2D eigenvalue weighted by atomic mass is 19.4. The molecule has 0 unspecified atom stereocenters. The first kappa shape index (κ1) is 31.1. The summed E-state index contributed by atoms with van der Waals surface area (Å²) in [5, 5.41) is 12.6. The number of fused-ring (bicyclic) bond motifs is 2. The number of carbonyl (C=O) groups excluding carboxylic acids is 3. The topological polar surface area (TPSA) is 126 Å². The predicted octanol–water partition coefficient (Wildman–Crippen LogP) is 3.31. The molecule has 2 aromatic rings. The Kier molecular flexibility index (Phi) is 7.72. The van der Waals surface area contributed by atoms with Crippen LogP contribution in [0.15, 0.2) is 29.1 Å². The SMILES string of the molecule is Cc1ccc2[nH]c(=O)c(C[C@H](C#N)N(C)C(=O)[C@@H]3[C@@H]4[C@H](CN3C(=O)[C@@H](NC(=O)C(F)(F)F)C(C)(C)C)C4(C)C)cc2c1. The molecule has 5 atom stereocenters. The summed E-state index contributed by atoms with van der Waals surface area (Å²) in [6.07, 6.45) is -5.25. The van der Waals surface area contributed by atoms with Crippen molar-refractivity contribution in [3.63, 3.8) is 0 Å². The van der Waals surface area contributed by atoms with E-state index in [-0.39, 0.29) is 35.8 Å². The molecule has 1 aliphatic heterocycles. The monoisotopic (exact) mass is 587 g/mol. The predicted molar refractivity (Wildman–Crippen MR) is 149 cm³/mol. The molecule has 1 saturated heterocycles. The molecule has 3 amide bonds. The number of hydrogen-bond acceptors (Lipinski definition) is 5. The summed E-state index contributed by atoms with van der Waals surface area (Å²) in [5.74, 6) is -3.92. The summed E-state index contributed by atoms with van der Waals surface area (Å²) in [5.41, 5.74) is 0.148. The van der Waals surface area contributed by atoms with Gasteiger partial charge in [-0.2, -0.15) is 18.4 Å². The van der Waals surface area contributed by atoms with E-state index in [2.05, 4.69) is 11.1 Å². The minimum Gasteiger partial charge on any atom is -0.336 e. The number of halogens is 3. The first-order valence-electron chi connectivity index (χ1n) is 13.8. The van der Waals surface area contributed by atoms with Gasteiger partial charge in [-0.05, 0) is 53.2 Å². The lowest BCUT2D eigenvalue weighted by atomic mass is 9.85. The van der Waals surface area contributed by atoms with Crippen molar-refractivity contribution in [2.45, 2.75) is 72.3 Å². The molecule has 1 aliphatic carbocycles. The molecule has 2 N–H and O–H groups in total. The zero-order chi connectivity index (χ0) is 31.5. The van der Waals surface area contributed by atoms with Crippen LogP contribution in [-0.4, -0.2) is 70.4 Å². The quantitative estimate of drug-likeness (QED) is 0.537. The van der Waals surface area contributed by atoms with Gasteiger partial charge in [0.25, 0.3) is 5.56 Å². The van der Waals surface area contributed by atoms with Crippen LogP contribution in [0.2, 0.25) is 0 Å². The summed E-state index contributed by atoms with van der Waals surface area (Å²) in [4.78, 5) is 57.6. The zero-order valence-corrected chi connectivity index (χ0v) is 24.7. The van der Waals surface area contributed by atoms with Crippen molar-refractivity contribution in [1.29, 1.82) is 5.26 Å². The second-order valence-electron chi connectivity index (χ2n) is 13.2. The number of amides is 3. The Bertz CT molecular complexity index is 1530.